The van der Waals surface area contributed by atoms with Gasteiger partial charge in [-0.15, -0.1) is 0 Å². The van der Waals surface area contributed by atoms with E-state index in [-0.39, 0.29) is 10.7 Å². The van der Waals surface area contributed by atoms with Crippen molar-refractivity contribution in [2.24, 2.45) is 0 Å². The Balaban J connectivity index is 2.18. The molecule has 1 aromatic heterocycles. The first-order valence-electron chi connectivity index (χ1n) is 7.10. The van der Waals surface area contributed by atoms with Crippen molar-refractivity contribution < 1.29 is 0 Å². The van der Waals surface area contributed by atoms with Gasteiger partial charge in [-0.3, -0.25) is 9.59 Å². The number of aromatic amines is 2. The molecule has 0 aliphatic heterocycles. The van der Waals surface area contributed by atoms with Gasteiger partial charge in [0.1, 0.15) is 10.7 Å². The lowest BCUT2D eigenvalue weighted by Gasteiger charge is -1.97. The number of H-pyrrole nitrogens is 2. The van der Waals surface area contributed by atoms with Gasteiger partial charge in [0.15, 0.2) is 0 Å². The average Bonchev–Trinajstić information content (AvgIpc) is 2.56. The molecule has 24 heavy (non-hydrogen) atoms. The van der Waals surface area contributed by atoms with Gasteiger partial charge >= 0.3 is 0 Å². The van der Waals surface area contributed by atoms with Crippen molar-refractivity contribution in [1.29, 1.82) is 0 Å². The second-order valence-corrected chi connectivity index (χ2v) is 5.88. The predicted octanol–water partition coefficient (Wildman–Crippen LogP) is 2.03. The minimum atomic E-state index is -0.423. The van der Waals surface area contributed by atoms with E-state index in [1.165, 1.54) is 12.2 Å². The van der Waals surface area contributed by atoms with E-state index < -0.39 is 11.1 Å². The molecule has 0 saturated carbocycles. The summed E-state index contributed by atoms with van der Waals surface area (Å²) in [5, 5.41) is 1.24. The second kappa shape index (κ2) is 6.91. The number of aromatic nitrogens is 2. The smallest absolute Gasteiger partial charge is 0.272 e. The summed E-state index contributed by atoms with van der Waals surface area (Å²) < 4.78 is 0. The maximum absolute atomic E-state index is 12.2. The normalized spacial score (nSPS) is 12.6. The molecule has 3 aromatic rings. The van der Waals surface area contributed by atoms with E-state index in [0.717, 1.165) is 0 Å². The van der Waals surface area contributed by atoms with Crippen LogP contribution in [0, 0.1) is 0 Å². The number of hydrogen-bond donors (Lipinski definition) is 2. The summed E-state index contributed by atoms with van der Waals surface area (Å²) in [5.41, 5.74) is 0.437. The van der Waals surface area contributed by atoms with Crippen LogP contribution in [0.15, 0.2) is 58.1 Å². The molecule has 0 unspecified atom stereocenters. The van der Waals surface area contributed by atoms with E-state index in [1.54, 1.807) is 48.5 Å². The zero-order chi connectivity index (χ0) is 17.1. The fourth-order valence-corrected chi connectivity index (χ4v) is 2.57. The Morgan fingerprint density at radius 3 is 1.42 bits per heavy atom. The van der Waals surface area contributed by atoms with Crippen molar-refractivity contribution in [3.63, 3.8) is 0 Å². The summed E-state index contributed by atoms with van der Waals surface area (Å²) in [5.74, 6) is 0. The maximum atomic E-state index is 12.2. The Bertz CT molecular complexity index is 1040. The van der Waals surface area contributed by atoms with Crippen LogP contribution in [0.5, 0.6) is 0 Å². The molecule has 0 amide bonds. The molecule has 0 radical (unpaired) electrons. The van der Waals surface area contributed by atoms with Crippen LogP contribution < -0.4 is 21.8 Å². The van der Waals surface area contributed by atoms with Gasteiger partial charge in [0.05, 0.1) is 0 Å². The first kappa shape index (κ1) is 16.3. The molecule has 2 N–H and O–H groups in total. The third-order valence-electron chi connectivity index (χ3n) is 3.40. The lowest BCUT2D eigenvalue weighted by Crippen LogP contribution is -2.46. The third-order valence-corrected chi connectivity index (χ3v) is 4.08. The maximum Gasteiger partial charge on any atom is 0.272 e. The summed E-state index contributed by atoms with van der Waals surface area (Å²) in [6.07, 6.45) is 3.06. The Morgan fingerprint density at radius 1 is 0.667 bits per heavy atom. The zero-order valence-electron chi connectivity index (χ0n) is 12.3. The van der Waals surface area contributed by atoms with E-state index in [4.69, 9.17) is 23.2 Å². The molecule has 120 valence electrons. The van der Waals surface area contributed by atoms with E-state index in [9.17, 15) is 9.59 Å². The van der Waals surface area contributed by atoms with Crippen LogP contribution >= 0.6 is 23.2 Å². The molecule has 6 heteroatoms. The molecule has 0 aliphatic rings. The van der Waals surface area contributed by atoms with Gasteiger partial charge in [0.2, 0.25) is 0 Å². The first-order valence-corrected chi connectivity index (χ1v) is 7.85. The van der Waals surface area contributed by atoms with Crippen molar-refractivity contribution in [2.75, 3.05) is 0 Å². The Morgan fingerprint density at radius 2 is 1.04 bits per heavy atom. The molecule has 0 spiro atoms. The fourth-order valence-electron chi connectivity index (χ4n) is 2.19. The van der Waals surface area contributed by atoms with Crippen LogP contribution in [0.1, 0.15) is 11.1 Å². The molecule has 3 rings (SSSR count). The second-order valence-electron chi connectivity index (χ2n) is 5.07. The minimum Gasteiger partial charge on any atom is -0.316 e. The molecular weight excluding hydrogens is 347 g/mol. The fraction of sp³-hybridized carbons (Fsp3) is 0. The van der Waals surface area contributed by atoms with Crippen LogP contribution in [-0.4, -0.2) is 9.97 Å². The number of rotatable bonds is 2. The summed E-state index contributed by atoms with van der Waals surface area (Å²) in [6.45, 7) is 0. The van der Waals surface area contributed by atoms with E-state index in [1.807, 2.05) is 0 Å². The van der Waals surface area contributed by atoms with Gasteiger partial charge in [-0.25, -0.2) is 0 Å². The van der Waals surface area contributed by atoms with E-state index >= 15 is 0 Å². The highest BCUT2D eigenvalue weighted by Gasteiger charge is 2.00. The quantitative estimate of drug-likeness (QED) is 0.735. The number of benzene rings is 2. The van der Waals surface area contributed by atoms with Crippen molar-refractivity contribution in [3.8, 4) is 0 Å². The lowest BCUT2D eigenvalue weighted by atomic mass is 10.2. The van der Waals surface area contributed by atoms with Gasteiger partial charge in [-0.1, -0.05) is 59.6 Å². The third kappa shape index (κ3) is 3.50. The van der Waals surface area contributed by atoms with Crippen LogP contribution in [0.25, 0.3) is 12.2 Å². The predicted molar refractivity (Wildman–Crippen MR) is 97.0 cm³/mol. The molecule has 0 fully saturated rings. The summed E-state index contributed by atoms with van der Waals surface area (Å²) in [6, 6.07) is 14.1. The van der Waals surface area contributed by atoms with E-state index in [0.29, 0.717) is 21.2 Å². The van der Waals surface area contributed by atoms with Crippen LogP contribution in [-0.2, 0) is 0 Å². The molecule has 0 atom stereocenters. The van der Waals surface area contributed by atoms with Gasteiger partial charge in [0, 0.05) is 10.0 Å². The largest absolute Gasteiger partial charge is 0.316 e. The van der Waals surface area contributed by atoms with Crippen molar-refractivity contribution in [2.45, 2.75) is 0 Å². The summed E-state index contributed by atoms with van der Waals surface area (Å²) >= 11 is 12.1. The highest BCUT2D eigenvalue weighted by atomic mass is 35.5. The molecule has 0 aliphatic carbocycles. The SMILES string of the molecule is O=c1[nH]c(=Cc2ccccc2Cl)c(=O)[nH]c1=Cc1ccccc1Cl. The first-order chi connectivity index (χ1) is 11.5. The van der Waals surface area contributed by atoms with Crippen LogP contribution in [0.4, 0.5) is 0 Å². The minimum absolute atomic E-state index is 0.129. The van der Waals surface area contributed by atoms with Gasteiger partial charge in [-0.2, -0.15) is 0 Å². The average molecular weight is 359 g/mol. The molecule has 0 bridgehead atoms. The van der Waals surface area contributed by atoms with Gasteiger partial charge < -0.3 is 9.97 Å². The Labute approximate surface area is 146 Å². The van der Waals surface area contributed by atoms with Gasteiger partial charge in [-0.05, 0) is 35.4 Å². The summed E-state index contributed by atoms with van der Waals surface area (Å²) in [7, 11) is 0. The summed E-state index contributed by atoms with van der Waals surface area (Å²) in [4.78, 5) is 29.6. The standard InChI is InChI=1S/C18H12Cl2N2O2/c19-13-7-3-1-5-11(13)9-15-17(23)22-16(18(24)21-15)10-12-6-2-4-8-14(12)20/h1-10H,(H,21,24)(H,22,23). The number of nitrogens with one attached hydrogen (secondary N) is 2. The van der Waals surface area contributed by atoms with Crippen molar-refractivity contribution >= 4 is 35.4 Å². The Hall–Kier alpha value is -2.56. The highest BCUT2D eigenvalue weighted by molar-refractivity contribution is 6.32. The highest BCUT2D eigenvalue weighted by Crippen LogP contribution is 2.15. The monoisotopic (exact) mass is 358 g/mol. The van der Waals surface area contributed by atoms with E-state index in [2.05, 4.69) is 9.97 Å². The topological polar surface area (TPSA) is 65.7 Å². The molecular formula is C18H12Cl2N2O2. The zero-order valence-corrected chi connectivity index (χ0v) is 13.9. The number of hydrogen-bond acceptors (Lipinski definition) is 2. The lowest BCUT2D eigenvalue weighted by molar-refractivity contribution is 1.00. The molecule has 1 heterocycles. The van der Waals surface area contributed by atoms with Gasteiger partial charge in [0.25, 0.3) is 11.1 Å². The van der Waals surface area contributed by atoms with Crippen molar-refractivity contribution in [1.82, 2.24) is 9.97 Å². The number of halogens is 2. The van der Waals surface area contributed by atoms with Crippen LogP contribution in [0.2, 0.25) is 10.0 Å². The van der Waals surface area contributed by atoms with Crippen LogP contribution in [0.3, 0.4) is 0 Å². The molecule has 0 saturated heterocycles. The molecule has 2 aromatic carbocycles. The van der Waals surface area contributed by atoms with Crippen molar-refractivity contribution in [3.05, 3.63) is 101 Å². The Kier molecular flexibility index (Phi) is 4.69. The molecule has 4 nitrogen and oxygen atoms in total.